The number of carboxylic acids is 1. The number of hydrogen-bond acceptors (Lipinski definition) is 4. The van der Waals surface area contributed by atoms with Crippen molar-refractivity contribution in [3.8, 4) is 0 Å². The predicted octanol–water partition coefficient (Wildman–Crippen LogP) is -0.414. The Hall–Kier alpha value is -1.63. The van der Waals surface area contributed by atoms with Gasteiger partial charge in [-0.15, -0.1) is 0 Å². The Morgan fingerprint density at radius 1 is 1.20 bits per heavy atom. The van der Waals surface area contributed by atoms with Gasteiger partial charge in [0.1, 0.15) is 0 Å². The number of amides is 2. The minimum absolute atomic E-state index is 0.0955. The Labute approximate surface area is 118 Å². The molecule has 114 valence electrons. The zero-order chi connectivity index (χ0) is 15.1. The molecule has 0 aromatic heterocycles. The fraction of sp³-hybridized carbons (Fsp3) is 0.769. The highest BCUT2D eigenvalue weighted by Gasteiger charge is 2.26. The van der Waals surface area contributed by atoms with Gasteiger partial charge in [0.05, 0.1) is 12.0 Å². The van der Waals surface area contributed by atoms with E-state index in [4.69, 9.17) is 16.6 Å². The predicted molar refractivity (Wildman–Crippen MR) is 72.5 cm³/mol. The molecular formula is C13H23N3O4. The first kappa shape index (κ1) is 16.4. The number of rotatable bonds is 7. The van der Waals surface area contributed by atoms with Gasteiger partial charge < -0.3 is 21.9 Å². The van der Waals surface area contributed by atoms with Crippen LogP contribution in [0.2, 0.25) is 0 Å². The lowest BCUT2D eigenvalue weighted by atomic mass is 9.82. The molecule has 20 heavy (non-hydrogen) atoms. The maximum Gasteiger partial charge on any atom is 0.306 e. The number of nitrogens with one attached hydrogen (secondary N) is 1. The van der Waals surface area contributed by atoms with Crippen molar-refractivity contribution in [2.24, 2.45) is 23.3 Å². The number of aliphatic carboxylic acids is 1. The molecule has 0 saturated heterocycles. The van der Waals surface area contributed by atoms with Crippen molar-refractivity contribution in [3.05, 3.63) is 0 Å². The summed E-state index contributed by atoms with van der Waals surface area (Å²) in [7, 11) is 0. The van der Waals surface area contributed by atoms with Crippen molar-refractivity contribution in [3.63, 3.8) is 0 Å². The molecule has 0 aromatic rings. The van der Waals surface area contributed by atoms with Crippen molar-refractivity contribution in [2.45, 2.75) is 44.6 Å². The van der Waals surface area contributed by atoms with Gasteiger partial charge >= 0.3 is 5.97 Å². The van der Waals surface area contributed by atoms with Gasteiger partial charge in [0.2, 0.25) is 11.8 Å². The average molecular weight is 285 g/mol. The SMILES string of the molecule is NC(=O)CC[C@H](N)C(=O)NC[C@H]1CC[C@H](C(=O)O)CC1. The number of carboxylic acid groups (broad SMARTS) is 1. The van der Waals surface area contributed by atoms with E-state index in [1.54, 1.807) is 0 Å². The van der Waals surface area contributed by atoms with Gasteiger partial charge in [0.25, 0.3) is 0 Å². The number of carbonyl (C=O) groups excluding carboxylic acids is 2. The highest BCUT2D eigenvalue weighted by Crippen LogP contribution is 2.28. The quantitative estimate of drug-likeness (QED) is 0.504. The summed E-state index contributed by atoms with van der Waals surface area (Å²) in [6.07, 6.45) is 3.25. The number of primary amides is 1. The molecule has 0 aromatic carbocycles. The standard InChI is InChI=1S/C13H23N3O4/c14-10(5-6-11(15)17)12(18)16-7-8-1-3-9(4-2-8)13(19)20/h8-10H,1-7,14H2,(H2,15,17)(H,16,18)(H,19,20)/t8-,9-,10-/m0/s1. The second kappa shape index (κ2) is 7.84. The lowest BCUT2D eigenvalue weighted by Crippen LogP contribution is -2.43. The molecule has 0 aliphatic heterocycles. The number of carbonyl (C=O) groups is 3. The Morgan fingerprint density at radius 2 is 1.80 bits per heavy atom. The topological polar surface area (TPSA) is 136 Å². The second-order valence-corrected chi connectivity index (χ2v) is 5.41. The summed E-state index contributed by atoms with van der Waals surface area (Å²) in [5.74, 6) is -1.44. The van der Waals surface area contributed by atoms with Gasteiger partial charge in [-0.05, 0) is 38.0 Å². The van der Waals surface area contributed by atoms with E-state index in [-0.39, 0.29) is 24.7 Å². The van der Waals surface area contributed by atoms with Crippen molar-refractivity contribution >= 4 is 17.8 Å². The van der Waals surface area contributed by atoms with Crippen LogP contribution in [0, 0.1) is 11.8 Å². The Morgan fingerprint density at radius 3 is 2.30 bits per heavy atom. The van der Waals surface area contributed by atoms with Crippen molar-refractivity contribution < 1.29 is 19.5 Å². The summed E-state index contributed by atoms with van der Waals surface area (Å²) in [5.41, 5.74) is 10.6. The van der Waals surface area contributed by atoms with Gasteiger partial charge in [-0.3, -0.25) is 14.4 Å². The number of hydrogen-bond donors (Lipinski definition) is 4. The lowest BCUT2D eigenvalue weighted by Gasteiger charge is -2.26. The fourth-order valence-corrected chi connectivity index (χ4v) is 2.42. The summed E-state index contributed by atoms with van der Waals surface area (Å²) >= 11 is 0. The molecule has 2 amide bonds. The van der Waals surface area contributed by atoms with Crippen LogP contribution in [-0.4, -0.2) is 35.5 Å². The highest BCUT2D eigenvalue weighted by molar-refractivity contribution is 5.82. The largest absolute Gasteiger partial charge is 0.481 e. The van der Waals surface area contributed by atoms with E-state index in [0.29, 0.717) is 25.3 Å². The van der Waals surface area contributed by atoms with Crippen LogP contribution in [-0.2, 0) is 14.4 Å². The minimum atomic E-state index is -0.735. The van der Waals surface area contributed by atoms with Crippen LogP contribution < -0.4 is 16.8 Å². The molecule has 0 radical (unpaired) electrons. The van der Waals surface area contributed by atoms with Gasteiger partial charge in [-0.25, -0.2) is 0 Å². The fourth-order valence-electron chi connectivity index (χ4n) is 2.42. The molecule has 0 heterocycles. The summed E-state index contributed by atoms with van der Waals surface area (Å²) in [6, 6.07) is -0.724. The van der Waals surface area contributed by atoms with Crippen LogP contribution in [0.3, 0.4) is 0 Å². The van der Waals surface area contributed by atoms with E-state index < -0.39 is 17.9 Å². The third-order valence-corrected chi connectivity index (χ3v) is 3.80. The highest BCUT2D eigenvalue weighted by atomic mass is 16.4. The molecule has 1 atom stereocenters. The van der Waals surface area contributed by atoms with E-state index >= 15 is 0 Å². The van der Waals surface area contributed by atoms with Crippen LogP contribution in [0.1, 0.15) is 38.5 Å². The Bertz CT molecular complexity index is 365. The van der Waals surface area contributed by atoms with Gasteiger partial charge in [-0.1, -0.05) is 0 Å². The molecule has 0 spiro atoms. The summed E-state index contributed by atoms with van der Waals surface area (Å²) in [4.78, 5) is 33.1. The molecule has 1 aliphatic rings. The maximum atomic E-state index is 11.7. The summed E-state index contributed by atoms with van der Waals surface area (Å²) in [5, 5.41) is 11.7. The minimum Gasteiger partial charge on any atom is -0.481 e. The Balaban J connectivity index is 2.21. The lowest BCUT2D eigenvalue weighted by molar-refractivity contribution is -0.143. The molecule has 0 unspecified atom stereocenters. The van der Waals surface area contributed by atoms with Gasteiger partial charge in [0, 0.05) is 13.0 Å². The van der Waals surface area contributed by atoms with E-state index in [9.17, 15) is 14.4 Å². The van der Waals surface area contributed by atoms with Crippen molar-refractivity contribution in [2.75, 3.05) is 6.54 Å². The van der Waals surface area contributed by atoms with E-state index in [1.165, 1.54) is 0 Å². The third-order valence-electron chi connectivity index (χ3n) is 3.80. The first-order chi connectivity index (χ1) is 9.40. The molecule has 1 fully saturated rings. The molecule has 1 saturated carbocycles. The molecule has 7 heteroatoms. The molecule has 1 aliphatic carbocycles. The third kappa shape index (κ3) is 5.56. The molecule has 0 bridgehead atoms. The molecule has 7 nitrogen and oxygen atoms in total. The summed E-state index contributed by atoms with van der Waals surface area (Å²) in [6.45, 7) is 0.509. The number of nitrogens with two attached hydrogens (primary N) is 2. The smallest absolute Gasteiger partial charge is 0.306 e. The maximum absolute atomic E-state index is 11.7. The van der Waals surface area contributed by atoms with Crippen LogP contribution in [0.25, 0.3) is 0 Å². The normalized spacial score (nSPS) is 23.9. The second-order valence-electron chi connectivity index (χ2n) is 5.41. The molecular weight excluding hydrogens is 262 g/mol. The molecule has 1 rings (SSSR count). The first-order valence-corrected chi connectivity index (χ1v) is 6.94. The van der Waals surface area contributed by atoms with Crippen LogP contribution >= 0.6 is 0 Å². The zero-order valence-electron chi connectivity index (χ0n) is 11.5. The monoisotopic (exact) mass is 285 g/mol. The van der Waals surface area contributed by atoms with Gasteiger partial charge in [-0.2, -0.15) is 0 Å². The van der Waals surface area contributed by atoms with Crippen molar-refractivity contribution in [1.29, 1.82) is 0 Å². The van der Waals surface area contributed by atoms with Crippen molar-refractivity contribution in [1.82, 2.24) is 5.32 Å². The van der Waals surface area contributed by atoms with E-state index in [0.717, 1.165) is 12.8 Å². The Kier molecular flexibility index (Phi) is 6.44. The zero-order valence-corrected chi connectivity index (χ0v) is 11.5. The van der Waals surface area contributed by atoms with Crippen LogP contribution in [0.4, 0.5) is 0 Å². The van der Waals surface area contributed by atoms with Crippen LogP contribution in [0.5, 0.6) is 0 Å². The van der Waals surface area contributed by atoms with E-state index in [2.05, 4.69) is 5.32 Å². The van der Waals surface area contributed by atoms with Gasteiger partial charge in [0.15, 0.2) is 0 Å². The average Bonchev–Trinajstić information content (AvgIpc) is 2.42. The first-order valence-electron chi connectivity index (χ1n) is 6.94. The molecule has 6 N–H and O–H groups in total. The van der Waals surface area contributed by atoms with Crippen LogP contribution in [0.15, 0.2) is 0 Å². The summed E-state index contributed by atoms with van der Waals surface area (Å²) < 4.78 is 0. The van der Waals surface area contributed by atoms with E-state index in [1.807, 2.05) is 0 Å².